The van der Waals surface area contributed by atoms with Crippen molar-refractivity contribution in [3.05, 3.63) is 43.1 Å². The molecule has 3 N–H and O–H groups in total. The van der Waals surface area contributed by atoms with Gasteiger partial charge in [-0.3, -0.25) is 19.1 Å². The molecular formula is C35H47N5O10S. The molecule has 3 fully saturated rings. The summed E-state index contributed by atoms with van der Waals surface area (Å²) in [6.07, 6.45) is 1.65. The number of hydrogen-bond acceptors (Lipinski definition) is 11. The van der Waals surface area contributed by atoms with Crippen LogP contribution < -0.4 is 24.8 Å². The molecule has 2 saturated carbocycles. The SMILES string of the molecule is C=C[C@@H]1C[C@]1(NC(=O)[C@@H]1C[C@@H](Oc2nccc3cc(OC)ccc23)CN1C(=O)C(NC(=O)OC(C)(C)C)[C@H](C)OCC)C(=O)NS(=O)(=O)C1CC1. The van der Waals surface area contributed by atoms with Crippen LogP contribution in [0.25, 0.3) is 10.8 Å². The van der Waals surface area contributed by atoms with E-state index in [1.54, 1.807) is 66.1 Å². The van der Waals surface area contributed by atoms with E-state index in [2.05, 4.69) is 26.9 Å². The molecule has 3 aliphatic rings. The number of rotatable bonds is 14. The number of carbonyl (C=O) groups is 4. The van der Waals surface area contributed by atoms with Gasteiger partial charge in [0.1, 0.15) is 35.1 Å². The Bertz CT molecular complexity index is 1790. The first kappa shape index (κ1) is 37.8. The van der Waals surface area contributed by atoms with Crippen molar-refractivity contribution in [3.8, 4) is 11.6 Å². The highest BCUT2D eigenvalue weighted by molar-refractivity contribution is 7.91. The highest BCUT2D eigenvalue weighted by Gasteiger charge is 2.62. The molecule has 15 nitrogen and oxygen atoms in total. The van der Waals surface area contributed by atoms with E-state index in [1.165, 1.54) is 11.0 Å². The summed E-state index contributed by atoms with van der Waals surface area (Å²) in [5.41, 5.74) is -2.43. The number of amides is 4. The van der Waals surface area contributed by atoms with Crippen LogP contribution in [0.5, 0.6) is 11.6 Å². The number of likely N-dealkylation sites (tertiary alicyclic amines) is 1. The van der Waals surface area contributed by atoms with Gasteiger partial charge in [-0.15, -0.1) is 6.58 Å². The third kappa shape index (κ3) is 8.55. The lowest BCUT2D eigenvalue weighted by Gasteiger charge is -2.32. The van der Waals surface area contributed by atoms with Crippen LogP contribution >= 0.6 is 0 Å². The molecule has 4 amide bonds. The largest absolute Gasteiger partial charge is 0.497 e. The zero-order valence-electron chi connectivity index (χ0n) is 29.8. The molecule has 51 heavy (non-hydrogen) atoms. The number of aromatic nitrogens is 1. The smallest absolute Gasteiger partial charge is 0.408 e. The fraction of sp³-hybridized carbons (Fsp3) is 0.571. The maximum Gasteiger partial charge on any atom is 0.408 e. The first-order valence-corrected chi connectivity index (χ1v) is 18.6. The van der Waals surface area contributed by atoms with Crippen molar-refractivity contribution >= 4 is 44.6 Å². The summed E-state index contributed by atoms with van der Waals surface area (Å²) in [7, 11) is -2.35. The quantitative estimate of drug-likeness (QED) is 0.242. The number of pyridine rings is 1. The first-order valence-electron chi connectivity index (χ1n) is 17.0. The Kier molecular flexibility index (Phi) is 10.9. The van der Waals surface area contributed by atoms with Crippen LogP contribution in [-0.2, 0) is 33.9 Å². The molecule has 0 spiro atoms. The normalized spacial score (nSPS) is 24.2. The fourth-order valence-electron chi connectivity index (χ4n) is 6.25. The van der Waals surface area contributed by atoms with Crippen LogP contribution in [0, 0.1) is 5.92 Å². The van der Waals surface area contributed by atoms with Crippen LogP contribution in [0.4, 0.5) is 4.79 Å². The highest BCUT2D eigenvalue weighted by atomic mass is 32.2. The molecule has 1 aromatic carbocycles. The number of sulfonamides is 1. The highest BCUT2D eigenvalue weighted by Crippen LogP contribution is 2.45. The van der Waals surface area contributed by atoms with E-state index in [0.717, 1.165) is 5.39 Å². The Balaban J connectivity index is 1.44. The Morgan fingerprint density at radius 3 is 2.51 bits per heavy atom. The van der Waals surface area contributed by atoms with E-state index < -0.39 is 80.4 Å². The molecule has 278 valence electrons. The average Bonchev–Trinajstić information content (AvgIpc) is 3.99. The van der Waals surface area contributed by atoms with Crippen LogP contribution in [0.15, 0.2) is 43.1 Å². The number of nitrogens with one attached hydrogen (secondary N) is 3. The van der Waals surface area contributed by atoms with E-state index in [-0.39, 0.29) is 31.9 Å². The number of carbonyl (C=O) groups excluding carboxylic acids is 4. The predicted molar refractivity (Wildman–Crippen MR) is 186 cm³/mol. The minimum atomic E-state index is -3.91. The molecule has 6 atom stereocenters. The number of benzene rings is 1. The fourth-order valence-corrected chi connectivity index (χ4v) is 7.62. The lowest BCUT2D eigenvalue weighted by atomic mass is 10.1. The van der Waals surface area contributed by atoms with E-state index in [9.17, 15) is 27.6 Å². The number of hydrogen-bond donors (Lipinski definition) is 3. The zero-order chi connectivity index (χ0) is 37.3. The predicted octanol–water partition coefficient (Wildman–Crippen LogP) is 2.58. The van der Waals surface area contributed by atoms with Crippen molar-refractivity contribution in [3.63, 3.8) is 0 Å². The second kappa shape index (κ2) is 14.7. The van der Waals surface area contributed by atoms with Gasteiger partial charge < -0.3 is 34.5 Å². The summed E-state index contributed by atoms with van der Waals surface area (Å²) in [6, 6.07) is 4.73. The molecule has 16 heteroatoms. The molecule has 0 radical (unpaired) electrons. The Labute approximate surface area is 297 Å². The van der Waals surface area contributed by atoms with Gasteiger partial charge in [0.15, 0.2) is 0 Å². The number of alkyl carbamates (subject to hydrolysis) is 1. The Morgan fingerprint density at radius 1 is 1.18 bits per heavy atom. The minimum Gasteiger partial charge on any atom is -0.497 e. The molecule has 1 aliphatic heterocycles. The summed E-state index contributed by atoms with van der Waals surface area (Å²) in [5, 5.41) is 6.20. The topological polar surface area (TPSA) is 192 Å². The molecule has 5 rings (SSSR count). The number of nitrogens with zero attached hydrogens (tertiary/aromatic N) is 2. The molecule has 0 bridgehead atoms. The van der Waals surface area contributed by atoms with Gasteiger partial charge in [-0.05, 0) is 83.5 Å². The van der Waals surface area contributed by atoms with E-state index in [1.807, 2.05) is 6.07 Å². The molecular weight excluding hydrogens is 682 g/mol. The lowest BCUT2D eigenvalue weighted by molar-refractivity contribution is -0.143. The van der Waals surface area contributed by atoms with Gasteiger partial charge in [0.05, 0.1) is 25.0 Å². The van der Waals surface area contributed by atoms with Crippen LogP contribution in [0.2, 0.25) is 0 Å². The second-order valence-electron chi connectivity index (χ2n) is 14.2. The van der Waals surface area contributed by atoms with Crippen molar-refractivity contribution in [2.45, 2.75) is 101 Å². The molecule has 1 aromatic heterocycles. The summed E-state index contributed by atoms with van der Waals surface area (Å²) >= 11 is 0. The monoisotopic (exact) mass is 729 g/mol. The van der Waals surface area contributed by atoms with Crippen molar-refractivity contribution < 1.29 is 46.5 Å². The van der Waals surface area contributed by atoms with Gasteiger partial charge in [0.2, 0.25) is 27.7 Å². The Hall–Kier alpha value is -4.44. The van der Waals surface area contributed by atoms with Crippen molar-refractivity contribution in [2.75, 3.05) is 20.3 Å². The second-order valence-corrected chi connectivity index (χ2v) is 16.1. The summed E-state index contributed by atoms with van der Waals surface area (Å²) in [5.74, 6) is -1.83. The summed E-state index contributed by atoms with van der Waals surface area (Å²) < 4.78 is 50.3. The van der Waals surface area contributed by atoms with Crippen LogP contribution in [0.3, 0.4) is 0 Å². The third-order valence-electron chi connectivity index (χ3n) is 9.15. The summed E-state index contributed by atoms with van der Waals surface area (Å²) in [4.78, 5) is 60.6. The van der Waals surface area contributed by atoms with Crippen LogP contribution in [0.1, 0.15) is 60.3 Å². The van der Waals surface area contributed by atoms with Crippen LogP contribution in [-0.4, -0.2) is 103 Å². The molecule has 2 aliphatic carbocycles. The first-order chi connectivity index (χ1) is 24.0. The molecule has 2 aromatic rings. The van der Waals surface area contributed by atoms with Gasteiger partial charge in [-0.1, -0.05) is 6.08 Å². The average molecular weight is 730 g/mol. The van der Waals surface area contributed by atoms with Gasteiger partial charge in [-0.25, -0.2) is 18.2 Å². The van der Waals surface area contributed by atoms with Gasteiger partial charge in [-0.2, -0.15) is 0 Å². The van der Waals surface area contributed by atoms with E-state index in [4.69, 9.17) is 18.9 Å². The third-order valence-corrected chi connectivity index (χ3v) is 11.0. The Morgan fingerprint density at radius 2 is 1.90 bits per heavy atom. The maximum atomic E-state index is 14.4. The molecule has 1 unspecified atom stereocenters. The number of ether oxygens (including phenoxy) is 4. The zero-order valence-corrected chi connectivity index (χ0v) is 30.6. The van der Waals surface area contributed by atoms with Crippen molar-refractivity contribution in [1.82, 2.24) is 25.2 Å². The maximum absolute atomic E-state index is 14.4. The molecule has 1 saturated heterocycles. The minimum absolute atomic E-state index is 0.00913. The van der Waals surface area contributed by atoms with Gasteiger partial charge in [0.25, 0.3) is 5.91 Å². The van der Waals surface area contributed by atoms with Gasteiger partial charge >= 0.3 is 6.09 Å². The van der Waals surface area contributed by atoms with Gasteiger partial charge in [0, 0.05) is 30.5 Å². The summed E-state index contributed by atoms with van der Waals surface area (Å²) in [6.45, 7) is 12.3. The van der Waals surface area contributed by atoms with E-state index in [0.29, 0.717) is 24.0 Å². The van der Waals surface area contributed by atoms with E-state index >= 15 is 0 Å². The molecule has 2 heterocycles. The van der Waals surface area contributed by atoms with Crippen molar-refractivity contribution in [1.29, 1.82) is 0 Å². The number of methoxy groups -OCH3 is 1. The lowest BCUT2D eigenvalue weighted by Crippen LogP contribution is -2.60. The standard InChI is InChI=1S/C35H47N5O10S/c1-8-22-18-35(22,32(43)39-51(45,46)25-11-12-25)38-29(41)27-17-24(49-30-26-13-10-23(47-7)16-21(26)14-15-36-30)19-40(27)31(42)28(20(3)48-9-2)37-33(44)50-34(4,5)6/h8,10,13-16,20,22,24-25,27-28H,1,9,11-12,17-19H2,2-7H3,(H,37,44)(H,38,41)(H,39,43)/t20-,22+,24+,27-,28?,35+/m0/s1. The van der Waals surface area contributed by atoms with Crippen molar-refractivity contribution in [2.24, 2.45) is 5.92 Å². The number of fused-ring (bicyclic) bond motifs is 1.